The highest BCUT2D eigenvalue weighted by molar-refractivity contribution is 5.93. The summed E-state index contributed by atoms with van der Waals surface area (Å²) in [5, 5.41) is 19.4. The minimum Gasteiger partial charge on any atom is -0.452 e. The molecule has 82 valence electrons. The van der Waals surface area contributed by atoms with E-state index in [0.717, 1.165) is 7.11 Å². The summed E-state index contributed by atoms with van der Waals surface area (Å²) >= 11 is 0. The van der Waals surface area contributed by atoms with Crippen LogP contribution in [0.2, 0.25) is 0 Å². The highest BCUT2D eigenvalue weighted by atomic mass is 16.6. The van der Waals surface area contributed by atoms with Gasteiger partial charge < -0.3 is 4.74 Å². The van der Waals surface area contributed by atoms with Crippen molar-refractivity contribution >= 4 is 17.5 Å². The van der Waals surface area contributed by atoms with Crippen LogP contribution in [-0.4, -0.2) is 18.1 Å². The van der Waals surface area contributed by atoms with Crippen molar-refractivity contribution in [3.05, 3.63) is 34.4 Å². The Morgan fingerprint density at radius 1 is 1.56 bits per heavy atom. The van der Waals surface area contributed by atoms with E-state index < -0.39 is 11.0 Å². The summed E-state index contributed by atoms with van der Waals surface area (Å²) < 4.78 is 4.33. The first-order valence-corrected chi connectivity index (χ1v) is 4.13. The van der Waals surface area contributed by atoms with E-state index in [0.29, 0.717) is 4.90 Å². The van der Waals surface area contributed by atoms with Crippen molar-refractivity contribution in [3.8, 4) is 6.19 Å². The van der Waals surface area contributed by atoms with Gasteiger partial charge in [0.25, 0.3) is 5.69 Å². The molecule has 0 saturated heterocycles. The van der Waals surface area contributed by atoms with Crippen LogP contribution in [0.15, 0.2) is 24.3 Å². The first-order valence-electron chi connectivity index (χ1n) is 4.13. The van der Waals surface area contributed by atoms with Crippen molar-refractivity contribution in [1.29, 1.82) is 5.26 Å². The zero-order chi connectivity index (χ0) is 12.1. The molecule has 0 fully saturated rings. The Hall–Kier alpha value is -2.62. The zero-order valence-corrected chi connectivity index (χ0v) is 8.28. The molecule has 0 spiro atoms. The third-order valence-corrected chi connectivity index (χ3v) is 1.78. The number of anilines is 1. The predicted octanol–water partition coefficient (Wildman–Crippen LogP) is 1.65. The molecule has 0 bridgehead atoms. The molecule has 0 aromatic heterocycles. The second kappa shape index (κ2) is 4.75. The van der Waals surface area contributed by atoms with Crippen LogP contribution >= 0.6 is 0 Å². The second-order valence-electron chi connectivity index (χ2n) is 2.65. The number of ether oxygens (including phenoxy) is 1. The van der Waals surface area contributed by atoms with Gasteiger partial charge in [-0.1, -0.05) is 12.1 Å². The van der Waals surface area contributed by atoms with Crippen molar-refractivity contribution in [2.45, 2.75) is 0 Å². The smallest absolute Gasteiger partial charge is 0.427 e. The Morgan fingerprint density at radius 3 is 2.69 bits per heavy atom. The monoisotopic (exact) mass is 221 g/mol. The lowest BCUT2D eigenvalue weighted by molar-refractivity contribution is -0.384. The molecular weight excluding hydrogens is 214 g/mol. The van der Waals surface area contributed by atoms with E-state index in [-0.39, 0.29) is 11.4 Å². The fraction of sp³-hybridized carbons (Fsp3) is 0.111. The quantitative estimate of drug-likeness (QED) is 0.327. The Kier molecular flexibility index (Phi) is 3.40. The Labute approximate surface area is 90.6 Å². The van der Waals surface area contributed by atoms with Crippen LogP contribution in [0.5, 0.6) is 0 Å². The van der Waals surface area contributed by atoms with Gasteiger partial charge in [-0.05, 0) is 6.07 Å². The number of carbonyl (C=O) groups excluding carboxylic acids is 1. The van der Waals surface area contributed by atoms with Gasteiger partial charge in [0, 0.05) is 6.07 Å². The maximum Gasteiger partial charge on any atom is 0.427 e. The summed E-state index contributed by atoms with van der Waals surface area (Å²) in [6.07, 6.45) is 0.543. The number of nitro benzene ring substituents is 1. The minimum absolute atomic E-state index is 0.123. The molecule has 0 heterocycles. The third-order valence-electron chi connectivity index (χ3n) is 1.78. The molecule has 7 nitrogen and oxygen atoms in total. The van der Waals surface area contributed by atoms with Crippen molar-refractivity contribution in [3.63, 3.8) is 0 Å². The summed E-state index contributed by atoms with van der Waals surface area (Å²) in [7, 11) is 1.08. The summed E-state index contributed by atoms with van der Waals surface area (Å²) in [5.74, 6) is 0. The number of methoxy groups -OCH3 is 1. The topological polar surface area (TPSA) is 96.5 Å². The number of nitro groups is 1. The molecule has 16 heavy (non-hydrogen) atoms. The molecule has 0 aliphatic heterocycles. The standard InChI is InChI=1S/C9H7N3O4/c1-16-9(13)11(6-10)7-4-2-3-5-8(7)12(14)15/h2-5H,1H3. The van der Waals surface area contributed by atoms with E-state index in [1.807, 2.05) is 0 Å². The lowest BCUT2D eigenvalue weighted by Crippen LogP contribution is -2.25. The van der Waals surface area contributed by atoms with Crippen molar-refractivity contribution < 1.29 is 14.5 Å². The molecule has 0 radical (unpaired) electrons. The number of hydrogen-bond acceptors (Lipinski definition) is 5. The Morgan fingerprint density at radius 2 is 2.19 bits per heavy atom. The average molecular weight is 221 g/mol. The predicted molar refractivity (Wildman–Crippen MR) is 53.6 cm³/mol. The number of hydrogen-bond donors (Lipinski definition) is 0. The average Bonchev–Trinajstić information content (AvgIpc) is 2.30. The van der Waals surface area contributed by atoms with Gasteiger partial charge in [0.05, 0.1) is 12.0 Å². The van der Waals surface area contributed by atoms with Crippen LogP contribution in [0.4, 0.5) is 16.2 Å². The number of rotatable bonds is 2. The highest BCUT2D eigenvalue weighted by Crippen LogP contribution is 2.27. The van der Waals surface area contributed by atoms with E-state index in [9.17, 15) is 14.9 Å². The summed E-state index contributed by atoms with van der Waals surface area (Å²) in [6, 6.07) is 5.41. The molecule has 0 N–H and O–H groups in total. The number of nitriles is 1. The van der Waals surface area contributed by atoms with Crippen molar-refractivity contribution in [1.82, 2.24) is 0 Å². The Bertz CT molecular complexity index is 466. The lowest BCUT2D eigenvalue weighted by atomic mass is 10.2. The van der Waals surface area contributed by atoms with Crippen molar-refractivity contribution in [2.24, 2.45) is 0 Å². The van der Waals surface area contributed by atoms with E-state index in [2.05, 4.69) is 4.74 Å². The van der Waals surface area contributed by atoms with Gasteiger partial charge in [-0.3, -0.25) is 10.1 Å². The molecule has 0 atom stereocenters. The minimum atomic E-state index is -0.975. The van der Waals surface area contributed by atoms with Crippen LogP contribution in [-0.2, 0) is 4.74 Å². The maximum atomic E-state index is 11.2. The SMILES string of the molecule is COC(=O)N(C#N)c1ccccc1[N+](=O)[O-]. The highest BCUT2D eigenvalue weighted by Gasteiger charge is 2.24. The third kappa shape index (κ3) is 2.06. The van der Waals surface area contributed by atoms with Crippen LogP contribution in [0, 0.1) is 21.6 Å². The van der Waals surface area contributed by atoms with Crippen LogP contribution in [0.25, 0.3) is 0 Å². The molecule has 1 aromatic carbocycles. The molecule has 1 amide bonds. The summed E-state index contributed by atoms with van der Waals surface area (Å²) in [4.78, 5) is 21.7. The van der Waals surface area contributed by atoms with Gasteiger partial charge in [0.2, 0.25) is 0 Å². The largest absolute Gasteiger partial charge is 0.452 e. The van der Waals surface area contributed by atoms with Gasteiger partial charge in [0.1, 0.15) is 5.69 Å². The van der Waals surface area contributed by atoms with Gasteiger partial charge in [0.15, 0.2) is 6.19 Å². The number of amides is 1. The van der Waals surface area contributed by atoms with E-state index >= 15 is 0 Å². The molecule has 7 heteroatoms. The number of nitrogens with zero attached hydrogens (tertiary/aromatic N) is 3. The molecule has 0 saturated carbocycles. The molecule has 1 aromatic rings. The normalized spacial score (nSPS) is 9.00. The molecule has 0 aliphatic rings. The van der Waals surface area contributed by atoms with Gasteiger partial charge in [-0.2, -0.15) is 10.2 Å². The lowest BCUT2D eigenvalue weighted by Gasteiger charge is -2.11. The second-order valence-corrected chi connectivity index (χ2v) is 2.65. The number of para-hydroxylation sites is 2. The molecular formula is C9H7N3O4. The number of benzene rings is 1. The Balaban J connectivity index is 3.26. The fourth-order valence-corrected chi connectivity index (χ4v) is 1.09. The summed E-state index contributed by atoms with van der Waals surface area (Å²) in [5.41, 5.74) is -0.462. The van der Waals surface area contributed by atoms with E-state index in [1.165, 1.54) is 30.5 Å². The summed E-state index contributed by atoms with van der Waals surface area (Å²) in [6.45, 7) is 0. The van der Waals surface area contributed by atoms with E-state index in [4.69, 9.17) is 5.26 Å². The number of carbonyl (C=O) groups is 1. The van der Waals surface area contributed by atoms with E-state index in [1.54, 1.807) is 0 Å². The molecule has 0 unspecified atom stereocenters. The van der Waals surface area contributed by atoms with Crippen LogP contribution < -0.4 is 4.90 Å². The molecule has 1 rings (SSSR count). The zero-order valence-electron chi connectivity index (χ0n) is 8.28. The van der Waals surface area contributed by atoms with Crippen LogP contribution in [0.3, 0.4) is 0 Å². The van der Waals surface area contributed by atoms with Gasteiger partial charge in [-0.15, -0.1) is 0 Å². The van der Waals surface area contributed by atoms with Crippen LogP contribution in [0.1, 0.15) is 0 Å². The van der Waals surface area contributed by atoms with Gasteiger partial charge >= 0.3 is 6.09 Å². The first-order chi connectivity index (χ1) is 7.61. The fourth-order valence-electron chi connectivity index (χ4n) is 1.09. The molecule has 0 aliphatic carbocycles. The van der Waals surface area contributed by atoms with Gasteiger partial charge in [-0.25, -0.2) is 4.79 Å². The maximum absolute atomic E-state index is 11.2. The first kappa shape index (κ1) is 11.5. The van der Waals surface area contributed by atoms with Crippen molar-refractivity contribution in [2.75, 3.05) is 12.0 Å².